The Kier molecular flexibility index (Phi) is 4.35. The highest BCUT2D eigenvalue weighted by molar-refractivity contribution is 6.33. The van der Waals surface area contributed by atoms with Gasteiger partial charge in [-0.1, -0.05) is 37.0 Å². The van der Waals surface area contributed by atoms with E-state index in [0.29, 0.717) is 16.9 Å². The molecule has 0 saturated carbocycles. The highest BCUT2D eigenvalue weighted by Gasteiger charge is 2.20. The Morgan fingerprint density at radius 1 is 1.38 bits per heavy atom. The second-order valence-electron chi connectivity index (χ2n) is 4.57. The third-order valence-corrected chi connectivity index (χ3v) is 2.78. The third-order valence-electron chi connectivity index (χ3n) is 2.33. The van der Waals surface area contributed by atoms with E-state index in [9.17, 15) is 0 Å². The Morgan fingerprint density at radius 2 is 2.00 bits per heavy atom. The Hall–Kier alpha value is -0.580. The van der Waals surface area contributed by atoms with Crippen LogP contribution in [0.1, 0.15) is 13.8 Å². The molecule has 1 rings (SSSR count). The van der Waals surface area contributed by atoms with Crippen LogP contribution in [0.2, 0.25) is 10.3 Å². The first-order chi connectivity index (χ1) is 7.35. The van der Waals surface area contributed by atoms with Crippen molar-refractivity contribution in [2.45, 2.75) is 13.8 Å². The lowest BCUT2D eigenvalue weighted by atomic mass is 9.93. The van der Waals surface area contributed by atoms with Gasteiger partial charge in [0.2, 0.25) is 0 Å². The van der Waals surface area contributed by atoms with Gasteiger partial charge in [-0.25, -0.2) is 0 Å². The van der Waals surface area contributed by atoms with Gasteiger partial charge in [0.15, 0.2) is 10.3 Å². The second-order valence-corrected chi connectivity index (χ2v) is 5.31. The Bertz CT molecular complexity index is 368. The van der Waals surface area contributed by atoms with Crippen LogP contribution < -0.4 is 10.6 Å². The monoisotopic (exact) mass is 262 g/mol. The molecule has 4 nitrogen and oxygen atoms in total. The van der Waals surface area contributed by atoms with E-state index in [1.54, 1.807) is 6.07 Å². The van der Waals surface area contributed by atoms with E-state index >= 15 is 0 Å². The zero-order chi connectivity index (χ0) is 12.3. The zero-order valence-corrected chi connectivity index (χ0v) is 11.2. The minimum Gasteiger partial charge on any atom is -0.371 e. The lowest BCUT2D eigenvalue weighted by Crippen LogP contribution is -2.37. The van der Waals surface area contributed by atoms with Crippen molar-refractivity contribution in [1.29, 1.82) is 0 Å². The van der Waals surface area contributed by atoms with Gasteiger partial charge in [0.25, 0.3) is 0 Å². The Labute approximate surface area is 106 Å². The van der Waals surface area contributed by atoms with Crippen molar-refractivity contribution in [2.75, 3.05) is 25.0 Å². The number of rotatable bonds is 4. The van der Waals surface area contributed by atoms with Crippen molar-refractivity contribution in [2.24, 2.45) is 11.1 Å². The van der Waals surface area contributed by atoms with Crippen molar-refractivity contribution >= 4 is 28.9 Å². The second kappa shape index (κ2) is 5.17. The van der Waals surface area contributed by atoms with E-state index in [-0.39, 0.29) is 5.41 Å². The number of anilines is 1. The highest BCUT2D eigenvalue weighted by atomic mass is 35.5. The van der Waals surface area contributed by atoms with Crippen LogP contribution in [0.25, 0.3) is 0 Å². The Morgan fingerprint density at radius 3 is 2.56 bits per heavy atom. The highest BCUT2D eigenvalue weighted by Crippen LogP contribution is 2.26. The van der Waals surface area contributed by atoms with E-state index in [2.05, 4.69) is 24.0 Å². The quantitative estimate of drug-likeness (QED) is 0.904. The van der Waals surface area contributed by atoms with Crippen molar-refractivity contribution in [3.8, 4) is 0 Å². The topological polar surface area (TPSA) is 55.0 Å². The molecule has 0 amide bonds. The molecule has 0 bridgehead atoms. The average molecular weight is 263 g/mol. The molecule has 90 valence electrons. The number of halogens is 2. The fourth-order valence-electron chi connectivity index (χ4n) is 1.40. The molecule has 0 saturated heterocycles. The molecular weight excluding hydrogens is 247 g/mol. The smallest absolute Gasteiger partial charge is 0.175 e. The predicted octanol–water partition coefficient (Wildman–Crippen LogP) is 2.20. The number of hydrogen-bond acceptors (Lipinski definition) is 4. The van der Waals surface area contributed by atoms with Gasteiger partial charge in [-0.15, -0.1) is 10.2 Å². The van der Waals surface area contributed by atoms with Crippen LogP contribution in [-0.4, -0.2) is 30.3 Å². The fraction of sp³-hybridized carbons (Fsp3) is 0.600. The van der Waals surface area contributed by atoms with Gasteiger partial charge in [0, 0.05) is 19.7 Å². The first-order valence-electron chi connectivity index (χ1n) is 4.95. The SMILES string of the molecule is CN(CC(C)(C)CN)c1cc(Cl)nnc1Cl. The van der Waals surface area contributed by atoms with E-state index in [4.69, 9.17) is 28.9 Å². The van der Waals surface area contributed by atoms with Gasteiger partial charge in [-0.2, -0.15) is 0 Å². The van der Waals surface area contributed by atoms with Crippen LogP contribution in [-0.2, 0) is 0 Å². The summed E-state index contributed by atoms with van der Waals surface area (Å²) in [6.45, 7) is 5.55. The van der Waals surface area contributed by atoms with Gasteiger partial charge >= 0.3 is 0 Å². The van der Waals surface area contributed by atoms with Crippen LogP contribution >= 0.6 is 23.2 Å². The lowest BCUT2D eigenvalue weighted by molar-refractivity contribution is 0.385. The van der Waals surface area contributed by atoms with Crippen molar-refractivity contribution in [1.82, 2.24) is 10.2 Å². The summed E-state index contributed by atoms with van der Waals surface area (Å²) in [5, 5.41) is 8.11. The van der Waals surface area contributed by atoms with Gasteiger partial charge in [0.05, 0.1) is 5.69 Å². The van der Waals surface area contributed by atoms with Crippen molar-refractivity contribution in [3.63, 3.8) is 0 Å². The molecule has 0 spiro atoms. The molecule has 1 aromatic rings. The summed E-state index contributed by atoms with van der Waals surface area (Å²) in [5.41, 5.74) is 6.46. The summed E-state index contributed by atoms with van der Waals surface area (Å²) in [6, 6.07) is 1.70. The molecule has 0 aliphatic heterocycles. The minimum absolute atomic E-state index is 0.00776. The molecule has 0 aliphatic rings. The van der Waals surface area contributed by atoms with Crippen LogP contribution in [0.15, 0.2) is 6.07 Å². The standard InChI is InChI=1S/C10H16Cl2N4/c1-10(2,5-13)6-16(3)7-4-8(11)14-15-9(7)12/h4H,5-6,13H2,1-3H3. The summed E-state index contributed by atoms with van der Waals surface area (Å²) in [5.74, 6) is 0. The van der Waals surface area contributed by atoms with Crippen LogP contribution in [0.5, 0.6) is 0 Å². The third kappa shape index (κ3) is 3.47. The molecule has 16 heavy (non-hydrogen) atoms. The predicted molar refractivity (Wildman–Crippen MR) is 68.2 cm³/mol. The molecule has 0 radical (unpaired) electrons. The average Bonchev–Trinajstić information content (AvgIpc) is 2.21. The normalized spacial score (nSPS) is 11.6. The van der Waals surface area contributed by atoms with E-state index in [0.717, 1.165) is 12.2 Å². The largest absolute Gasteiger partial charge is 0.371 e. The minimum atomic E-state index is 0.00776. The van der Waals surface area contributed by atoms with Crippen LogP contribution in [0, 0.1) is 5.41 Å². The number of nitrogens with zero attached hydrogens (tertiary/aromatic N) is 3. The van der Waals surface area contributed by atoms with Gasteiger partial charge in [0.1, 0.15) is 0 Å². The number of hydrogen-bond donors (Lipinski definition) is 1. The molecule has 0 atom stereocenters. The molecule has 0 unspecified atom stereocenters. The van der Waals surface area contributed by atoms with Crippen LogP contribution in [0.3, 0.4) is 0 Å². The first kappa shape index (κ1) is 13.5. The van der Waals surface area contributed by atoms with Gasteiger partial charge in [-0.05, 0) is 12.0 Å². The molecule has 0 fully saturated rings. The maximum absolute atomic E-state index is 5.96. The molecule has 0 aromatic carbocycles. The van der Waals surface area contributed by atoms with Crippen LogP contribution in [0.4, 0.5) is 5.69 Å². The summed E-state index contributed by atoms with van der Waals surface area (Å²) < 4.78 is 0. The first-order valence-corrected chi connectivity index (χ1v) is 5.71. The van der Waals surface area contributed by atoms with Crippen molar-refractivity contribution in [3.05, 3.63) is 16.4 Å². The summed E-state index contributed by atoms with van der Waals surface area (Å²) in [7, 11) is 1.93. The van der Waals surface area contributed by atoms with Gasteiger partial charge < -0.3 is 10.6 Å². The van der Waals surface area contributed by atoms with E-state index in [1.807, 2.05) is 11.9 Å². The Balaban J connectivity index is 2.88. The zero-order valence-electron chi connectivity index (χ0n) is 9.67. The van der Waals surface area contributed by atoms with E-state index < -0.39 is 0 Å². The molecule has 1 aromatic heterocycles. The molecule has 0 aliphatic carbocycles. The van der Waals surface area contributed by atoms with E-state index in [1.165, 1.54) is 0 Å². The lowest BCUT2D eigenvalue weighted by Gasteiger charge is -2.30. The molecular formula is C10H16Cl2N4. The molecule has 1 heterocycles. The van der Waals surface area contributed by atoms with Gasteiger partial charge in [-0.3, -0.25) is 0 Å². The van der Waals surface area contributed by atoms with Crippen molar-refractivity contribution < 1.29 is 0 Å². The number of nitrogens with two attached hydrogens (primary N) is 1. The fourth-order valence-corrected chi connectivity index (χ4v) is 1.78. The number of aromatic nitrogens is 2. The molecule has 6 heteroatoms. The summed E-state index contributed by atoms with van der Waals surface area (Å²) >= 11 is 11.7. The summed E-state index contributed by atoms with van der Waals surface area (Å²) in [4.78, 5) is 1.98. The summed E-state index contributed by atoms with van der Waals surface area (Å²) in [6.07, 6.45) is 0. The maximum Gasteiger partial charge on any atom is 0.175 e. The molecule has 2 N–H and O–H groups in total. The maximum atomic E-state index is 5.96.